The van der Waals surface area contributed by atoms with Crippen LogP contribution in [0.15, 0.2) is 39.9 Å². The maximum Gasteiger partial charge on any atom is 0.442 e. The highest BCUT2D eigenvalue weighted by Gasteiger charge is 2.19. The van der Waals surface area contributed by atoms with Gasteiger partial charge >= 0.3 is 5.76 Å². The fraction of sp³-hybridized carbons (Fsp3) is 0.250. The van der Waals surface area contributed by atoms with Crippen LogP contribution in [0.3, 0.4) is 0 Å². The van der Waals surface area contributed by atoms with Crippen LogP contribution >= 0.6 is 11.6 Å². The predicted octanol–water partition coefficient (Wildman–Crippen LogP) is 2.16. The van der Waals surface area contributed by atoms with Crippen molar-refractivity contribution in [1.82, 2.24) is 19.7 Å². The van der Waals surface area contributed by atoms with E-state index >= 15 is 0 Å². The van der Waals surface area contributed by atoms with Gasteiger partial charge in [0.25, 0.3) is 0 Å². The van der Waals surface area contributed by atoms with Crippen molar-refractivity contribution in [3.8, 4) is 23.1 Å². The Balaban J connectivity index is 1.72. The Labute approximate surface area is 147 Å². The molecule has 0 saturated carbocycles. The Morgan fingerprint density at radius 3 is 2.80 bits per heavy atom. The number of rotatable bonds is 3. The molecule has 1 aromatic carbocycles. The lowest BCUT2D eigenvalue weighted by Crippen LogP contribution is -2.17. The van der Waals surface area contributed by atoms with E-state index in [1.807, 2.05) is 0 Å². The van der Waals surface area contributed by atoms with Crippen molar-refractivity contribution in [3.05, 3.63) is 51.7 Å². The van der Waals surface area contributed by atoms with Gasteiger partial charge in [0.05, 0.1) is 24.8 Å². The van der Waals surface area contributed by atoms with Crippen molar-refractivity contribution in [1.29, 1.82) is 0 Å². The minimum absolute atomic E-state index is 0.187. The third-order valence-electron chi connectivity index (χ3n) is 3.65. The first-order chi connectivity index (χ1) is 12.2. The van der Waals surface area contributed by atoms with Gasteiger partial charge in [-0.15, -0.1) is 0 Å². The second-order valence-electron chi connectivity index (χ2n) is 5.39. The summed E-state index contributed by atoms with van der Waals surface area (Å²) in [6.45, 7) is 1.28. The number of hydrogen-bond acceptors (Lipinski definition) is 7. The highest BCUT2D eigenvalue weighted by atomic mass is 35.5. The largest absolute Gasteiger partial charge is 0.489 e. The van der Waals surface area contributed by atoms with E-state index in [0.717, 1.165) is 12.0 Å². The zero-order valence-corrected chi connectivity index (χ0v) is 13.8. The molecular weight excluding hydrogens is 348 g/mol. The van der Waals surface area contributed by atoms with Crippen molar-refractivity contribution in [3.63, 3.8) is 0 Å². The highest BCUT2D eigenvalue weighted by Crippen LogP contribution is 2.38. The lowest BCUT2D eigenvalue weighted by atomic mass is 10.2. The minimum Gasteiger partial charge on any atom is -0.489 e. The van der Waals surface area contributed by atoms with E-state index < -0.39 is 5.76 Å². The number of aromatic nitrogens is 4. The van der Waals surface area contributed by atoms with Crippen LogP contribution in [0.5, 0.6) is 11.5 Å². The Morgan fingerprint density at radius 1 is 1.16 bits per heavy atom. The number of benzene rings is 1. The molecule has 1 aliphatic heterocycles. The Bertz CT molecular complexity index is 955. The topological polar surface area (TPSA) is 92.3 Å². The van der Waals surface area contributed by atoms with E-state index in [9.17, 15) is 4.79 Å². The van der Waals surface area contributed by atoms with Crippen LogP contribution in [0.1, 0.15) is 12.0 Å². The maximum absolute atomic E-state index is 12.0. The zero-order chi connectivity index (χ0) is 17.2. The molecule has 3 aromatic rings. The van der Waals surface area contributed by atoms with Crippen LogP contribution in [-0.4, -0.2) is 32.9 Å². The number of halogens is 1. The predicted molar refractivity (Wildman–Crippen MR) is 88.0 cm³/mol. The van der Waals surface area contributed by atoms with Gasteiger partial charge in [0.1, 0.15) is 0 Å². The van der Waals surface area contributed by atoms with E-state index in [1.54, 1.807) is 30.6 Å². The fourth-order valence-electron chi connectivity index (χ4n) is 2.54. The van der Waals surface area contributed by atoms with Gasteiger partial charge in [-0.2, -0.15) is 0 Å². The molecule has 4 rings (SSSR count). The smallest absolute Gasteiger partial charge is 0.442 e. The SMILES string of the molecule is O=c1onc(-c2ncccn2)n1Cc1cc(Cl)c2c(c1)OCCCO2. The first-order valence-electron chi connectivity index (χ1n) is 7.64. The van der Waals surface area contributed by atoms with Gasteiger partial charge in [-0.25, -0.2) is 19.3 Å². The van der Waals surface area contributed by atoms with Crippen LogP contribution in [0.2, 0.25) is 5.02 Å². The Kier molecular flexibility index (Phi) is 4.10. The molecule has 0 N–H and O–H groups in total. The molecule has 25 heavy (non-hydrogen) atoms. The molecule has 0 radical (unpaired) electrons. The molecule has 9 heteroatoms. The summed E-state index contributed by atoms with van der Waals surface area (Å²) < 4.78 is 17.4. The molecule has 128 valence electrons. The van der Waals surface area contributed by atoms with E-state index in [-0.39, 0.29) is 12.4 Å². The quantitative estimate of drug-likeness (QED) is 0.706. The summed E-state index contributed by atoms with van der Waals surface area (Å²) in [5.41, 5.74) is 0.747. The van der Waals surface area contributed by atoms with Gasteiger partial charge in [-0.1, -0.05) is 16.8 Å². The third-order valence-corrected chi connectivity index (χ3v) is 3.94. The maximum atomic E-state index is 12.0. The molecule has 0 atom stereocenters. The standard InChI is InChI=1S/C16H13ClN4O4/c17-11-7-10(8-12-13(11)24-6-2-5-23-12)9-21-15(20-25-16(21)22)14-18-3-1-4-19-14/h1,3-4,7-8H,2,5-6,9H2. The van der Waals surface area contributed by atoms with Gasteiger partial charge in [0, 0.05) is 18.8 Å². The number of hydrogen-bond donors (Lipinski definition) is 0. The molecule has 0 saturated heterocycles. The molecule has 0 spiro atoms. The van der Waals surface area contributed by atoms with Crippen molar-refractivity contribution in [2.75, 3.05) is 13.2 Å². The monoisotopic (exact) mass is 360 g/mol. The van der Waals surface area contributed by atoms with Gasteiger partial charge in [-0.05, 0) is 23.8 Å². The van der Waals surface area contributed by atoms with Gasteiger partial charge < -0.3 is 9.47 Å². The molecule has 3 heterocycles. The number of ether oxygens (including phenoxy) is 2. The van der Waals surface area contributed by atoms with Gasteiger partial charge in [0.2, 0.25) is 5.82 Å². The van der Waals surface area contributed by atoms with Crippen LogP contribution in [-0.2, 0) is 6.54 Å². The van der Waals surface area contributed by atoms with E-state index in [0.29, 0.717) is 35.6 Å². The Morgan fingerprint density at radius 2 is 1.96 bits per heavy atom. The number of fused-ring (bicyclic) bond motifs is 1. The van der Waals surface area contributed by atoms with Gasteiger partial charge in [0.15, 0.2) is 17.3 Å². The molecule has 0 amide bonds. The lowest BCUT2D eigenvalue weighted by Gasteiger charge is -2.12. The first kappa shape index (κ1) is 15.6. The fourth-order valence-corrected chi connectivity index (χ4v) is 2.83. The summed E-state index contributed by atoms with van der Waals surface area (Å²) in [7, 11) is 0. The molecule has 0 aliphatic carbocycles. The number of nitrogens with zero attached hydrogens (tertiary/aromatic N) is 4. The van der Waals surface area contributed by atoms with Crippen molar-refractivity contribution < 1.29 is 14.0 Å². The highest BCUT2D eigenvalue weighted by molar-refractivity contribution is 6.32. The molecule has 0 fully saturated rings. The summed E-state index contributed by atoms with van der Waals surface area (Å²) >= 11 is 6.30. The molecular formula is C16H13ClN4O4. The second kappa shape index (κ2) is 6.56. The lowest BCUT2D eigenvalue weighted by molar-refractivity contribution is 0.297. The summed E-state index contributed by atoms with van der Waals surface area (Å²) in [5.74, 6) is 1.02. The average molecular weight is 361 g/mol. The third kappa shape index (κ3) is 3.08. The van der Waals surface area contributed by atoms with Crippen molar-refractivity contribution in [2.24, 2.45) is 0 Å². The van der Waals surface area contributed by atoms with Gasteiger partial charge in [-0.3, -0.25) is 4.52 Å². The average Bonchev–Trinajstić information content (AvgIpc) is 2.83. The molecule has 1 aliphatic rings. The van der Waals surface area contributed by atoms with E-state index in [2.05, 4.69) is 15.1 Å². The zero-order valence-electron chi connectivity index (χ0n) is 13.0. The summed E-state index contributed by atoms with van der Waals surface area (Å²) in [6.07, 6.45) is 3.91. The van der Waals surface area contributed by atoms with E-state index in [4.69, 9.17) is 25.6 Å². The first-order valence-corrected chi connectivity index (χ1v) is 8.02. The van der Waals surface area contributed by atoms with Crippen LogP contribution in [0.4, 0.5) is 0 Å². The van der Waals surface area contributed by atoms with Crippen molar-refractivity contribution in [2.45, 2.75) is 13.0 Å². The molecule has 0 bridgehead atoms. The van der Waals surface area contributed by atoms with Crippen molar-refractivity contribution >= 4 is 11.6 Å². The summed E-state index contributed by atoms with van der Waals surface area (Å²) in [4.78, 5) is 20.2. The summed E-state index contributed by atoms with van der Waals surface area (Å²) in [5, 5.41) is 4.20. The Hall–Kier alpha value is -2.87. The normalized spacial score (nSPS) is 13.5. The van der Waals surface area contributed by atoms with Crippen LogP contribution in [0.25, 0.3) is 11.6 Å². The molecule has 0 unspecified atom stereocenters. The minimum atomic E-state index is -0.606. The second-order valence-corrected chi connectivity index (χ2v) is 5.79. The van der Waals surface area contributed by atoms with E-state index in [1.165, 1.54) is 4.57 Å². The molecule has 8 nitrogen and oxygen atoms in total. The van der Waals surface area contributed by atoms with Crippen LogP contribution in [0, 0.1) is 0 Å². The van der Waals surface area contributed by atoms with Crippen LogP contribution < -0.4 is 15.2 Å². The molecule has 2 aromatic heterocycles. The summed E-state index contributed by atoms with van der Waals surface area (Å²) in [6, 6.07) is 5.20.